The molecule has 0 radical (unpaired) electrons. The fraction of sp³-hybridized carbons (Fsp3) is 0.231. The summed E-state index contributed by atoms with van der Waals surface area (Å²) >= 11 is 1.50. The number of hydrogen-bond acceptors (Lipinski definition) is 5. The summed E-state index contributed by atoms with van der Waals surface area (Å²) in [5, 5.41) is 5.53. The van der Waals surface area contributed by atoms with Crippen molar-refractivity contribution in [2.75, 3.05) is 12.4 Å². The van der Waals surface area contributed by atoms with Gasteiger partial charge in [0.15, 0.2) is 0 Å². The Bertz CT molecular complexity index is 595. The van der Waals surface area contributed by atoms with E-state index in [-0.39, 0.29) is 5.91 Å². The predicted molar refractivity (Wildman–Crippen MR) is 76.3 cm³/mol. The Balaban J connectivity index is 2.43. The van der Waals surface area contributed by atoms with Crippen LogP contribution in [0.2, 0.25) is 0 Å². The van der Waals surface area contributed by atoms with Gasteiger partial charge >= 0.3 is 0 Å². The van der Waals surface area contributed by atoms with Crippen LogP contribution in [0.4, 0.5) is 5.69 Å². The monoisotopic (exact) mass is 277 g/mol. The van der Waals surface area contributed by atoms with Crippen LogP contribution < -0.4 is 15.8 Å². The number of hydrogen-bond donors (Lipinski definition) is 2. The first-order chi connectivity index (χ1) is 9.13. The minimum absolute atomic E-state index is 0.114. The number of rotatable bonds is 4. The third-order valence-corrected chi connectivity index (χ3v) is 3.39. The van der Waals surface area contributed by atoms with Gasteiger partial charge in [-0.3, -0.25) is 4.79 Å². The Kier molecular flexibility index (Phi) is 4.13. The van der Waals surface area contributed by atoms with E-state index in [9.17, 15) is 4.79 Å². The van der Waals surface area contributed by atoms with Crippen LogP contribution in [-0.4, -0.2) is 18.0 Å². The number of thiazole rings is 1. The van der Waals surface area contributed by atoms with Crippen LogP contribution in [0.3, 0.4) is 0 Å². The average Bonchev–Trinajstić information content (AvgIpc) is 2.86. The third kappa shape index (κ3) is 3.10. The normalized spacial score (nSPS) is 10.3. The molecule has 100 valence electrons. The summed E-state index contributed by atoms with van der Waals surface area (Å²) in [5.74, 6) is 0.597. The van der Waals surface area contributed by atoms with E-state index in [0.29, 0.717) is 18.0 Å². The fourth-order valence-electron chi connectivity index (χ4n) is 1.72. The van der Waals surface area contributed by atoms with Gasteiger partial charge in [0.25, 0.3) is 0 Å². The van der Waals surface area contributed by atoms with E-state index in [1.165, 1.54) is 18.3 Å². The molecule has 2 aromatic rings. The van der Waals surface area contributed by atoms with E-state index in [0.717, 1.165) is 16.3 Å². The van der Waals surface area contributed by atoms with Gasteiger partial charge in [-0.2, -0.15) is 0 Å². The van der Waals surface area contributed by atoms with Gasteiger partial charge in [-0.15, -0.1) is 11.3 Å². The zero-order chi connectivity index (χ0) is 13.8. The van der Waals surface area contributed by atoms with Crippen LogP contribution in [0.15, 0.2) is 23.6 Å². The molecule has 0 atom stereocenters. The lowest BCUT2D eigenvalue weighted by Gasteiger charge is -2.09. The topological polar surface area (TPSA) is 77.2 Å². The molecule has 5 nitrogen and oxygen atoms in total. The van der Waals surface area contributed by atoms with Crippen LogP contribution in [0.1, 0.15) is 11.9 Å². The van der Waals surface area contributed by atoms with Crippen molar-refractivity contribution in [2.45, 2.75) is 13.5 Å². The van der Waals surface area contributed by atoms with E-state index >= 15 is 0 Å². The van der Waals surface area contributed by atoms with Gasteiger partial charge in [-0.1, -0.05) is 0 Å². The highest BCUT2D eigenvalue weighted by Gasteiger charge is 2.11. The van der Waals surface area contributed by atoms with Crippen LogP contribution in [0.25, 0.3) is 11.3 Å². The molecular formula is C13H15N3O2S. The lowest BCUT2D eigenvalue weighted by Crippen LogP contribution is -2.05. The highest BCUT2D eigenvalue weighted by Crippen LogP contribution is 2.33. The Morgan fingerprint density at radius 2 is 2.32 bits per heavy atom. The second-order valence-corrected chi connectivity index (χ2v) is 4.87. The Morgan fingerprint density at radius 1 is 1.53 bits per heavy atom. The molecular weight excluding hydrogens is 262 g/mol. The number of ether oxygens (including phenoxy) is 1. The molecule has 0 saturated carbocycles. The molecule has 0 aliphatic heterocycles. The molecule has 0 aliphatic rings. The van der Waals surface area contributed by atoms with Crippen molar-refractivity contribution < 1.29 is 9.53 Å². The summed E-state index contributed by atoms with van der Waals surface area (Å²) in [6, 6.07) is 5.44. The van der Waals surface area contributed by atoms with Crippen molar-refractivity contribution in [3.8, 4) is 17.0 Å². The summed E-state index contributed by atoms with van der Waals surface area (Å²) in [4.78, 5) is 15.5. The third-order valence-electron chi connectivity index (χ3n) is 2.52. The molecule has 0 fully saturated rings. The predicted octanol–water partition coefficient (Wildman–Crippen LogP) is 2.24. The Labute approximate surface area is 115 Å². The number of nitrogens with one attached hydrogen (secondary N) is 1. The molecule has 0 aliphatic carbocycles. The van der Waals surface area contributed by atoms with Gasteiger partial charge < -0.3 is 15.8 Å². The van der Waals surface area contributed by atoms with E-state index in [1.54, 1.807) is 13.2 Å². The number of carbonyl (C=O) groups excluding carboxylic acids is 1. The zero-order valence-corrected chi connectivity index (χ0v) is 11.6. The van der Waals surface area contributed by atoms with Crippen LogP contribution in [0.5, 0.6) is 5.75 Å². The van der Waals surface area contributed by atoms with Crippen molar-refractivity contribution in [3.05, 3.63) is 28.6 Å². The molecule has 0 bridgehead atoms. The standard InChI is InChI=1S/C13H15N3O2S/c1-8(17)15-9-3-4-12(18-2)10(5-9)11-7-19-13(6-14)16-11/h3-5,7H,6,14H2,1-2H3,(H,15,17). The molecule has 0 saturated heterocycles. The van der Waals surface area contributed by atoms with E-state index in [1.807, 2.05) is 17.5 Å². The largest absolute Gasteiger partial charge is 0.496 e. The summed E-state index contributed by atoms with van der Waals surface area (Å²) in [6.45, 7) is 1.89. The lowest BCUT2D eigenvalue weighted by molar-refractivity contribution is -0.114. The van der Waals surface area contributed by atoms with Crippen molar-refractivity contribution in [2.24, 2.45) is 5.73 Å². The first-order valence-electron chi connectivity index (χ1n) is 5.74. The van der Waals surface area contributed by atoms with Gasteiger partial charge in [0, 0.05) is 30.1 Å². The quantitative estimate of drug-likeness (QED) is 0.898. The summed E-state index contributed by atoms with van der Waals surface area (Å²) in [5.41, 5.74) is 7.92. The van der Waals surface area contributed by atoms with Gasteiger partial charge in [0.1, 0.15) is 10.8 Å². The average molecular weight is 277 g/mol. The van der Waals surface area contributed by atoms with Gasteiger partial charge in [0.05, 0.1) is 12.8 Å². The van der Waals surface area contributed by atoms with E-state index < -0.39 is 0 Å². The maximum atomic E-state index is 11.1. The molecule has 1 aromatic carbocycles. The Hall–Kier alpha value is -1.92. The second-order valence-electron chi connectivity index (χ2n) is 3.93. The molecule has 0 unspecified atom stereocenters. The SMILES string of the molecule is COc1ccc(NC(C)=O)cc1-c1csc(CN)n1. The maximum absolute atomic E-state index is 11.1. The van der Waals surface area contributed by atoms with Crippen LogP contribution in [-0.2, 0) is 11.3 Å². The maximum Gasteiger partial charge on any atom is 0.221 e. The Morgan fingerprint density at radius 3 is 2.89 bits per heavy atom. The van der Waals surface area contributed by atoms with Gasteiger partial charge in [-0.25, -0.2) is 4.98 Å². The van der Waals surface area contributed by atoms with Gasteiger partial charge in [-0.05, 0) is 18.2 Å². The molecule has 1 aromatic heterocycles. The number of methoxy groups -OCH3 is 1. The minimum Gasteiger partial charge on any atom is -0.496 e. The highest BCUT2D eigenvalue weighted by atomic mass is 32.1. The minimum atomic E-state index is -0.114. The summed E-state index contributed by atoms with van der Waals surface area (Å²) < 4.78 is 5.32. The number of nitrogens with two attached hydrogens (primary N) is 1. The number of carbonyl (C=O) groups is 1. The number of nitrogens with zero attached hydrogens (tertiary/aromatic N) is 1. The fourth-order valence-corrected chi connectivity index (χ4v) is 2.39. The zero-order valence-electron chi connectivity index (χ0n) is 10.8. The molecule has 3 N–H and O–H groups in total. The molecule has 19 heavy (non-hydrogen) atoms. The number of anilines is 1. The smallest absolute Gasteiger partial charge is 0.221 e. The van der Waals surface area contributed by atoms with Crippen LogP contribution >= 0.6 is 11.3 Å². The van der Waals surface area contributed by atoms with Gasteiger partial charge in [0.2, 0.25) is 5.91 Å². The molecule has 2 rings (SSSR count). The molecule has 1 amide bonds. The molecule has 1 heterocycles. The van der Waals surface area contributed by atoms with E-state index in [4.69, 9.17) is 10.5 Å². The van der Waals surface area contributed by atoms with Crippen LogP contribution in [0, 0.1) is 0 Å². The van der Waals surface area contributed by atoms with E-state index in [2.05, 4.69) is 10.3 Å². The molecule has 0 spiro atoms. The number of benzene rings is 1. The molecule has 6 heteroatoms. The summed E-state index contributed by atoms with van der Waals surface area (Å²) in [7, 11) is 1.60. The van der Waals surface area contributed by atoms with Crippen molar-refractivity contribution >= 4 is 22.9 Å². The lowest BCUT2D eigenvalue weighted by atomic mass is 10.1. The van der Waals surface area contributed by atoms with Crippen molar-refractivity contribution in [1.82, 2.24) is 4.98 Å². The number of aromatic nitrogens is 1. The second kappa shape index (κ2) is 5.81. The first-order valence-corrected chi connectivity index (χ1v) is 6.62. The van der Waals surface area contributed by atoms with Crippen molar-refractivity contribution in [1.29, 1.82) is 0 Å². The first kappa shape index (κ1) is 13.5. The highest BCUT2D eigenvalue weighted by molar-refractivity contribution is 7.09. The van der Waals surface area contributed by atoms with Crippen molar-refractivity contribution in [3.63, 3.8) is 0 Å². The number of amides is 1. The summed E-state index contributed by atoms with van der Waals surface area (Å²) in [6.07, 6.45) is 0.